The van der Waals surface area contributed by atoms with E-state index in [1.165, 1.54) is 0 Å². The van der Waals surface area contributed by atoms with Crippen molar-refractivity contribution >= 4 is 0 Å². The SMILES string of the molecule is CC(C)C.[CH3+]. The minimum Gasteiger partial charge on any atom is -0.0630 e. The Balaban J connectivity index is 0. The van der Waals surface area contributed by atoms with Gasteiger partial charge in [-0.3, -0.25) is 0 Å². The summed E-state index contributed by atoms with van der Waals surface area (Å²) < 4.78 is 0. The van der Waals surface area contributed by atoms with Gasteiger partial charge < -0.3 is 0 Å². The molecule has 0 saturated heterocycles. The van der Waals surface area contributed by atoms with Gasteiger partial charge in [0.05, 0.1) is 0 Å². The topological polar surface area (TPSA) is 0 Å². The Labute approximate surface area is 35.2 Å². The molecular weight excluding hydrogens is 60.1 g/mol. The molecule has 0 atom stereocenters. The van der Waals surface area contributed by atoms with Crippen LogP contribution in [0.25, 0.3) is 0 Å². The van der Waals surface area contributed by atoms with Gasteiger partial charge in [0.2, 0.25) is 0 Å². The highest BCUT2D eigenvalue weighted by Gasteiger charge is 1.68. The molecular formula is C5H13+. The fourth-order valence-corrected chi connectivity index (χ4v) is 0. The molecule has 32 valence electrons. The first-order valence-electron chi connectivity index (χ1n) is 1.73. The van der Waals surface area contributed by atoms with Crippen molar-refractivity contribution in [1.82, 2.24) is 0 Å². The predicted molar refractivity (Wildman–Crippen MR) is 26.9 cm³/mol. The molecule has 0 nitrogen and oxygen atoms in total. The van der Waals surface area contributed by atoms with Crippen molar-refractivity contribution in [2.75, 3.05) is 0 Å². The van der Waals surface area contributed by atoms with Crippen LogP contribution in [0.4, 0.5) is 0 Å². The molecule has 0 amide bonds. The van der Waals surface area contributed by atoms with Gasteiger partial charge in [0.25, 0.3) is 0 Å². The molecule has 0 bridgehead atoms. The molecule has 0 aromatic rings. The lowest BCUT2D eigenvalue weighted by molar-refractivity contribution is 0.737. The molecule has 0 aliphatic rings. The maximum atomic E-state index is 2.17. The third kappa shape index (κ3) is 801. The molecule has 0 radical (unpaired) electrons. The molecule has 0 aliphatic heterocycles. The van der Waals surface area contributed by atoms with Crippen LogP contribution in [0.2, 0.25) is 0 Å². The highest BCUT2D eigenvalue weighted by molar-refractivity contribution is 4.20. The lowest BCUT2D eigenvalue weighted by atomic mass is 10.3. The Morgan fingerprint density at radius 3 is 1.00 bits per heavy atom. The molecule has 5 heavy (non-hydrogen) atoms. The summed E-state index contributed by atoms with van der Waals surface area (Å²) in [7, 11) is 0. The van der Waals surface area contributed by atoms with E-state index in [2.05, 4.69) is 20.8 Å². The second-order valence-corrected chi connectivity index (χ2v) is 1.73. The summed E-state index contributed by atoms with van der Waals surface area (Å²) >= 11 is 0. The Hall–Kier alpha value is -0.130. The zero-order chi connectivity index (χ0) is 3.58. The van der Waals surface area contributed by atoms with Crippen LogP contribution in [0.1, 0.15) is 20.8 Å². The summed E-state index contributed by atoms with van der Waals surface area (Å²) in [6.45, 7) is 6.50. The first-order valence-corrected chi connectivity index (χ1v) is 1.73. The van der Waals surface area contributed by atoms with Gasteiger partial charge in [-0.25, -0.2) is 0 Å². The van der Waals surface area contributed by atoms with Gasteiger partial charge in [-0.15, -0.1) is 0 Å². The van der Waals surface area contributed by atoms with E-state index in [4.69, 9.17) is 0 Å². The zero-order valence-corrected chi connectivity index (χ0v) is 4.58. The largest absolute Gasteiger partial charge is 0.0630 e. The highest BCUT2D eigenvalue weighted by atomic mass is 13.7. The van der Waals surface area contributed by atoms with Crippen LogP contribution < -0.4 is 0 Å². The first kappa shape index (κ1) is 8.85. The van der Waals surface area contributed by atoms with Crippen molar-refractivity contribution in [1.29, 1.82) is 0 Å². The minimum atomic E-state index is 0. The minimum absolute atomic E-state index is 0. The molecule has 0 spiro atoms. The van der Waals surface area contributed by atoms with E-state index in [0.717, 1.165) is 5.92 Å². The molecule has 0 aromatic heterocycles. The molecule has 0 fully saturated rings. The normalized spacial score (nSPS) is 7.20. The van der Waals surface area contributed by atoms with E-state index < -0.39 is 0 Å². The molecule has 0 N–H and O–H groups in total. The van der Waals surface area contributed by atoms with Crippen LogP contribution in [-0.4, -0.2) is 0 Å². The first-order chi connectivity index (χ1) is 1.73. The highest BCUT2D eigenvalue weighted by Crippen LogP contribution is 1.81. The summed E-state index contributed by atoms with van der Waals surface area (Å²) in [6, 6.07) is 0. The van der Waals surface area contributed by atoms with Crippen molar-refractivity contribution < 1.29 is 0 Å². The Morgan fingerprint density at radius 1 is 1.00 bits per heavy atom. The van der Waals surface area contributed by atoms with Gasteiger partial charge in [0.1, 0.15) is 0 Å². The van der Waals surface area contributed by atoms with Gasteiger partial charge in [0.15, 0.2) is 0 Å². The average molecular weight is 73.2 g/mol. The number of rotatable bonds is 0. The van der Waals surface area contributed by atoms with Gasteiger partial charge in [-0.2, -0.15) is 0 Å². The summed E-state index contributed by atoms with van der Waals surface area (Å²) in [6.07, 6.45) is 0. The van der Waals surface area contributed by atoms with E-state index in [1.54, 1.807) is 0 Å². The fraction of sp³-hybridized carbons (Fsp3) is 0.800. The van der Waals surface area contributed by atoms with Crippen molar-refractivity contribution in [2.45, 2.75) is 20.8 Å². The van der Waals surface area contributed by atoms with Gasteiger partial charge in [-0.05, 0) is 5.92 Å². The second kappa shape index (κ2) is 3.87. The van der Waals surface area contributed by atoms with Gasteiger partial charge >= 0.3 is 0 Å². The Kier molecular flexibility index (Phi) is 6.85. The van der Waals surface area contributed by atoms with Gasteiger partial charge in [0, 0.05) is 7.43 Å². The van der Waals surface area contributed by atoms with E-state index in [1.807, 2.05) is 0 Å². The maximum absolute atomic E-state index is 2.17. The van der Waals surface area contributed by atoms with E-state index in [9.17, 15) is 0 Å². The number of hydrogen-bond acceptors (Lipinski definition) is 0. The summed E-state index contributed by atoms with van der Waals surface area (Å²) in [4.78, 5) is 0. The quantitative estimate of drug-likeness (QED) is 0.385. The van der Waals surface area contributed by atoms with Crippen LogP contribution in [0, 0.1) is 13.3 Å². The molecule has 0 rings (SSSR count). The lowest BCUT2D eigenvalue weighted by Crippen LogP contribution is -1.66. The zero-order valence-electron chi connectivity index (χ0n) is 4.58. The van der Waals surface area contributed by atoms with Crippen LogP contribution in [0.3, 0.4) is 0 Å². The molecule has 0 heteroatoms. The van der Waals surface area contributed by atoms with E-state index in [-0.39, 0.29) is 7.43 Å². The molecule has 0 aromatic carbocycles. The fourth-order valence-electron chi connectivity index (χ4n) is 0. The average Bonchev–Trinajstić information content (AvgIpc) is 0.811. The van der Waals surface area contributed by atoms with Crippen LogP contribution in [-0.2, 0) is 0 Å². The molecule has 0 saturated carbocycles. The van der Waals surface area contributed by atoms with E-state index >= 15 is 0 Å². The second-order valence-electron chi connectivity index (χ2n) is 1.73. The molecule has 0 unspecified atom stereocenters. The van der Waals surface area contributed by atoms with Crippen LogP contribution in [0.5, 0.6) is 0 Å². The van der Waals surface area contributed by atoms with Crippen molar-refractivity contribution in [3.05, 3.63) is 7.43 Å². The smallest absolute Gasteiger partial charge is 0.0467 e. The Bertz CT molecular complexity index is 4.75. The summed E-state index contributed by atoms with van der Waals surface area (Å²) in [5.74, 6) is 0.833. The van der Waals surface area contributed by atoms with Crippen molar-refractivity contribution in [2.24, 2.45) is 5.92 Å². The third-order valence-corrected chi connectivity index (χ3v) is 0. The van der Waals surface area contributed by atoms with Crippen LogP contribution in [0.15, 0.2) is 0 Å². The number of hydrogen-bond donors (Lipinski definition) is 0. The third-order valence-electron chi connectivity index (χ3n) is 0. The molecule has 0 aliphatic carbocycles. The standard InChI is InChI=1S/C4H10.CH3/c1-4(2)3;/h4H,1-3H3;1H3/q;+1. The lowest BCUT2D eigenvalue weighted by Gasteiger charge is -1.79. The predicted octanol–water partition coefficient (Wildman–Crippen LogP) is 2.11. The molecule has 0 heterocycles. The van der Waals surface area contributed by atoms with Crippen molar-refractivity contribution in [3.63, 3.8) is 0 Å². The maximum Gasteiger partial charge on any atom is 0.0467 e. The van der Waals surface area contributed by atoms with E-state index in [0.29, 0.717) is 0 Å². The monoisotopic (exact) mass is 73.1 g/mol. The summed E-state index contributed by atoms with van der Waals surface area (Å²) in [5, 5.41) is 0. The Morgan fingerprint density at radius 2 is 1.00 bits per heavy atom. The van der Waals surface area contributed by atoms with Crippen molar-refractivity contribution in [3.8, 4) is 0 Å². The van der Waals surface area contributed by atoms with Crippen LogP contribution >= 0.6 is 0 Å². The summed E-state index contributed by atoms with van der Waals surface area (Å²) in [5.41, 5.74) is 0. The van der Waals surface area contributed by atoms with Gasteiger partial charge in [-0.1, -0.05) is 20.8 Å².